The molecule has 1 fully saturated rings. The van der Waals surface area contributed by atoms with Crippen molar-refractivity contribution in [3.63, 3.8) is 0 Å². The van der Waals surface area contributed by atoms with E-state index in [4.69, 9.17) is 9.47 Å². The lowest BCUT2D eigenvalue weighted by molar-refractivity contribution is -0.152. The van der Waals surface area contributed by atoms with Crippen molar-refractivity contribution in [2.24, 2.45) is 5.92 Å². The molecule has 9 heteroatoms. The highest BCUT2D eigenvalue weighted by Gasteiger charge is 2.42. The molecule has 1 amide bonds. The van der Waals surface area contributed by atoms with E-state index in [0.717, 1.165) is 12.0 Å². The van der Waals surface area contributed by atoms with Gasteiger partial charge in [0.05, 0.1) is 19.1 Å². The first-order chi connectivity index (χ1) is 16.1. The quantitative estimate of drug-likeness (QED) is 0.487. The molecule has 2 heterocycles. The summed E-state index contributed by atoms with van der Waals surface area (Å²) in [7, 11) is 1.59. The minimum Gasteiger partial charge on any atom is -0.497 e. The lowest BCUT2D eigenvalue weighted by atomic mass is 9.84. The Labute approximate surface area is 192 Å². The van der Waals surface area contributed by atoms with Crippen LogP contribution in [0, 0.1) is 5.92 Å². The lowest BCUT2D eigenvalue weighted by Crippen LogP contribution is -2.46. The second-order valence-corrected chi connectivity index (χ2v) is 7.89. The average Bonchev–Trinajstić information content (AvgIpc) is 3.30. The van der Waals surface area contributed by atoms with Gasteiger partial charge in [0.25, 0.3) is 0 Å². The van der Waals surface area contributed by atoms with E-state index in [-0.39, 0.29) is 24.9 Å². The normalized spacial score (nSPS) is 18.2. The number of nitrogens with zero attached hydrogens (tertiary/aromatic N) is 5. The molecule has 0 N–H and O–H groups in total. The maximum atomic E-state index is 13.3. The molecule has 1 saturated heterocycles. The number of aromatic nitrogens is 4. The van der Waals surface area contributed by atoms with Gasteiger partial charge in [-0.1, -0.05) is 37.3 Å². The standard InChI is InChI=1S/C24H27N5O4/c1-3-15-28-21(25-26-27-28)16-33-24(31)20-13-14-22(30)29(18-9-11-19(32-2)12-10-18)23(20)17-7-5-4-6-8-17/h4-12,20,23H,3,13-16H2,1-2H3/t20-,23+/m1/s1. The molecule has 0 radical (unpaired) electrons. The Hall–Kier alpha value is -3.75. The number of anilines is 1. The van der Waals surface area contributed by atoms with Crippen molar-refractivity contribution in [2.75, 3.05) is 12.0 Å². The third-order valence-corrected chi connectivity index (χ3v) is 5.78. The maximum absolute atomic E-state index is 13.3. The molecule has 0 spiro atoms. The van der Waals surface area contributed by atoms with Gasteiger partial charge in [-0.15, -0.1) is 5.10 Å². The number of ether oxygens (including phenoxy) is 2. The predicted molar refractivity (Wildman–Crippen MR) is 120 cm³/mol. The first kappa shape index (κ1) is 22.4. The topological polar surface area (TPSA) is 99.4 Å². The number of amides is 1. The highest BCUT2D eigenvalue weighted by Crippen LogP contribution is 2.41. The molecule has 1 aromatic heterocycles. The van der Waals surface area contributed by atoms with Crippen molar-refractivity contribution < 1.29 is 19.1 Å². The van der Waals surface area contributed by atoms with Crippen LogP contribution in [0.5, 0.6) is 5.75 Å². The summed E-state index contributed by atoms with van der Waals surface area (Å²) in [4.78, 5) is 28.0. The molecule has 2 aromatic carbocycles. The summed E-state index contributed by atoms with van der Waals surface area (Å²) in [5, 5.41) is 11.6. The molecule has 3 aromatic rings. The Bertz CT molecular complexity index is 1080. The summed E-state index contributed by atoms with van der Waals surface area (Å²) >= 11 is 0. The van der Waals surface area contributed by atoms with Crippen LogP contribution in [0.15, 0.2) is 54.6 Å². The minimum absolute atomic E-state index is 0.0136. The summed E-state index contributed by atoms with van der Waals surface area (Å²) < 4.78 is 12.5. The zero-order valence-electron chi connectivity index (χ0n) is 18.8. The van der Waals surface area contributed by atoms with E-state index in [1.54, 1.807) is 28.8 Å². The number of hydrogen-bond donors (Lipinski definition) is 0. The van der Waals surface area contributed by atoms with Crippen LogP contribution in [0.3, 0.4) is 0 Å². The van der Waals surface area contributed by atoms with E-state index in [1.165, 1.54) is 0 Å². The fourth-order valence-electron chi connectivity index (χ4n) is 4.17. The Morgan fingerprint density at radius 3 is 2.58 bits per heavy atom. The molecule has 4 rings (SSSR count). The number of rotatable bonds is 8. The molecule has 1 aliphatic rings. The highest BCUT2D eigenvalue weighted by molar-refractivity contribution is 5.97. The van der Waals surface area contributed by atoms with Gasteiger partial charge >= 0.3 is 5.97 Å². The first-order valence-electron chi connectivity index (χ1n) is 11.0. The van der Waals surface area contributed by atoms with Crippen LogP contribution in [-0.2, 0) is 27.5 Å². The third-order valence-electron chi connectivity index (χ3n) is 5.78. The first-order valence-corrected chi connectivity index (χ1v) is 11.0. The second-order valence-electron chi connectivity index (χ2n) is 7.89. The summed E-state index contributed by atoms with van der Waals surface area (Å²) in [6, 6.07) is 16.4. The number of piperidine rings is 1. The van der Waals surface area contributed by atoms with Crippen molar-refractivity contribution >= 4 is 17.6 Å². The van der Waals surface area contributed by atoms with Crippen LogP contribution in [0.2, 0.25) is 0 Å². The maximum Gasteiger partial charge on any atom is 0.311 e. The molecule has 2 atom stereocenters. The predicted octanol–water partition coefficient (Wildman–Crippen LogP) is 3.32. The zero-order valence-corrected chi connectivity index (χ0v) is 18.8. The molecule has 0 unspecified atom stereocenters. The van der Waals surface area contributed by atoms with Crippen molar-refractivity contribution in [2.45, 2.75) is 45.4 Å². The van der Waals surface area contributed by atoms with E-state index < -0.39 is 12.0 Å². The van der Waals surface area contributed by atoms with Gasteiger partial charge in [-0.25, -0.2) is 4.68 Å². The van der Waals surface area contributed by atoms with Crippen molar-refractivity contribution in [3.05, 3.63) is 66.0 Å². The van der Waals surface area contributed by atoms with Gasteiger partial charge in [-0.2, -0.15) is 0 Å². The molecule has 172 valence electrons. The molecule has 33 heavy (non-hydrogen) atoms. The number of methoxy groups -OCH3 is 1. The van der Waals surface area contributed by atoms with Crippen LogP contribution in [0.4, 0.5) is 5.69 Å². The largest absolute Gasteiger partial charge is 0.497 e. The van der Waals surface area contributed by atoms with Gasteiger partial charge in [0.2, 0.25) is 5.91 Å². The van der Waals surface area contributed by atoms with Gasteiger partial charge < -0.3 is 14.4 Å². The van der Waals surface area contributed by atoms with Crippen LogP contribution in [0.1, 0.15) is 43.6 Å². The number of carbonyl (C=O) groups excluding carboxylic acids is 2. The third kappa shape index (κ3) is 4.87. The van der Waals surface area contributed by atoms with Crippen molar-refractivity contribution in [1.82, 2.24) is 20.2 Å². The Morgan fingerprint density at radius 2 is 1.88 bits per heavy atom. The SMILES string of the molecule is CCCn1nnnc1COC(=O)[C@@H]1CCC(=O)N(c2ccc(OC)cc2)[C@H]1c1ccccc1. The number of carbonyl (C=O) groups is 2. The lowest BCUT2D eigenvalue weighted by Gasteiger charge is -2.40. The number of hydrogen-bond acceptors (Lipinski definition) is 7. The fraction of sp³-hybridized carbons (Fsp3) is 0.375. The van der Waals surface area contributed by atoms with Crippen molar-refractivity contribution in [1.29, 1.82) is 0 Å². The summed E-state index contributed by atoms with van der Waals surface area (Å²) in [6.45, 7) is 2.66. The van der Waals surface area contributed by atoms with Gasteiger partial charge in [-0.05, 0) is 53.1 Å². The molecule has 0 saturated carbocycles. The average molecular weight is 450 g/mol. The van der Waals surface area contributed by atoms with Gasteiger partial charge in [0, 0.05) is 18.7 Å². The van der Waals surface area contributed by atoms with E-state index in [2.05, 4.69) is 15.5 Å². The van der Waals surface area contributed by atoms with Gasteiger partial charge in [-0.3, -0.25) is 9.59 Å². The smallest absolute Gasteiger partial charge is 0.311 e. The van der Waals surface area contributed by atoms with Gasteiger partial charge in [0.1, 0.15) is 5.75 Å². The molecule has 1 aliphatic heterocycles. The minimum atomic E-state index is -0.525. The summed E-state index contributed by atoms with van der Waals surface area (Å²) in [5.41, 5.74) is 1.58. The van der Waals surface area contributed by atoms with Crippen LogP contribution >= 0.6 is 0 Å². The molecular formula is C24H27N5O4. The number of benzene rings is 2. The number of aryl methyl sites for hydroxylation is 1. The molecule has 0 aliphatic carbocycles. The molecule has 0 bridgehead atoms. The van der Waals surface area contributed by atoms with Crippen molar-refractivity contribution in [3.8, 4) is 5.75 Å². The zero-order chi connectivity index (χ0) is 23.2. The van der Waals surface area contributed by atoms with Gasteiger partial charge in [0.15, 0.2) is 12.4 Å². The number of tetrazole rings is 1. The van der Waals surface area contributed by atoms with Crippen LogP contribution in [-0.4, -0.2) is 39.2 Å². The van der Waals surface area contributed by atoms with E-state index in [9.17, 15) is 9.59 Å². The second kappa shape index (κ2) is 10.2. The molecule has 9 nitrogen and oxygen atoms in total. The Balaban J connectivity index is 1.62. The van der Waals surface area contributed by atoms with Crippen LogP contribution < -0.4 is 9.64 Å². The Kier molecular flexibility index (Phi) is 6.97. The number of esters is 1. The van der Waals surface area contributed by atoms with E-state index >= 15 is 0 Å². The summed E-state index contributed by atoms with van der Waals surface area (Å²) in [6.07, 6.45) is 1.52. The van der Waals surface area contributed by atoms with Crippen LogP contribution in [0.25, 0.3) is 0 Å². The summed E-state index contributed by atoms with van der Waals surface area (Å²) in [5.74, 6) is 0.258. The van der Waals surface area contributed by atoms with E-state index in [1.807, 2.05) is 49.4 Å². The Morgan fingerprint density at radius 1 is 1.12 bits per heavy atom. The molecular weight excluding hydrogens is 422 g/mol. The fourth-order valence-corrected chi connectivity index (χ4v) is 4.17. The monoisotopic (exact) mass is 449 g/mol. The van der Waals surface area contributed by atoms with E-state index in [0.29, 0.717) is 30.2 Å². The highest BCUT2D eigenvalue weighted by atomic mass is 16.5.